The fourth-order valence-electron chi connectivity index (χ4n) is 3.87. The summed E-state index contributed by atoms with van der Waals surface area (Å²) >= 11 is 0. The zero-order valence-electron chi connectivity index (χ0n) is 17.9. The monoisotopic (exact) mass is 474 g/mol. The molecule has 0 atom stereocenters. The van der Waals surface area contributed by atoms with Crippen molar-refractivity contribution in [2.45, 2.75) is 43.5 Å². The molecule has 4 rings (SSSR count). The van der Waals surface area contributed by atoms with Gasteiger partial charge in [-0.15, -0.1) is 10.2 Å². The SMILES string of the molecule is COc1ccc(CC(=O)O)cc1S(=O)(=O)Nc1ccc(F)c(-c2nnc3n2CCCCC3)c1. The molecule has 33 heavy (non-hydrogen) atoms. The van der Waals surface area contributed by atoms with E-state index in [1.54, 1.807) is 0 Å². The van der Waals surface area contributed by atoms with Crippen molar-refractivity contribution in [3.8, 4) is 17.1 Å². The second kappa shape index (κ2) is 9.18. The second-order valence-electron chi connectivity index (χ2n) is 7.76. The van der Waals surface area contributed by atoms with Crippen molar-refractivity contribution in [3.63, 3.8) is 0 Å². The van der Waals surface area contributed by atoms with Crippen molar-refractivity contribution >= 4 is 21.7 Å². The minimum Gasteiger partial charge on any atom is -0.495 e. The highest BCUT2D eigenvalue weighted by Gasteiger charge is 2.23. The van der Waals surface area contributed by atoms with Gasteiger partial charge in [0.05, 0.1) is 19.1 Å². The average molecular weight is 475 g/mol. The molecule has 174 valence electrons. The zero-order valence-corrected chi connectivity index (χ0v) is 18.7. The number of anilines is 1. The Labute approximate surface area is 190 Å². The Kier molecular flexibility index (Phi) is 6.32. The Morgan fingerprint density at radius 3 is 2.76 bits per heavy atom. The average Bonchev–Trinajstić information content (AvgIpc) is 3.02. The summed E-state index contributed by atoms with van der Waals surface area (Å²) in [5, 5.41) is 17.4. The number of carboxylic acids is 1. The Hall–Kier alpha value is -3.47. The van der Waals surface area contributed by atoms with Gasteiger partial charge in [-0.1, -0.05) is 12.5 Å². The topological polar surface area (TPSA) is 123 Å². The molecule has 11 heteroatoms. The first-order valence-electron chi connectivity index (χ1n) is 10.4. The van der Waals surface area contributed by atoms with Crippen LogP contribution < -0.4 is 9.46 Å². The molecule has 9 nitrogen and oxygen atoms in total. The van der Waals surface area contributed by atoms with Crippen molar-refractivity contribution in [2.75, 3.05) is 11.8 Å². The van der Waals surface area contributed by atoms with Crippen molar-refractivity contribution < 1.29 is 27.4 Å². The minimum atomic E-state index is -4.17. The summed E-state index contributed by atoms with van der Waals surface area (Å²) in [6.45, 7) is 0.667. The maximum Gasteiger partial charge on any atom is 0.307 e. The van der Waals surface area contributed by atoms with Crippen LogP contribution in [0.1, 0.15) is 30.7 Å². The maximum absolute atomic E-state index is 14.7. The Balaban J connectivity index is 1.69. The van der Waals surface area contributed by atoms with Gasteiger partial charge in [-0.2, -0.15) is 0 Å². The summed E-state index contributed by atoms with van der Waals surface area (Å²) in [5.74, 6) is -0.438. The molecule has 0 radical (unpaired) electrons. The summed E-state index contributed by atoms with van der Waals surface area (Å²) in [6.07, 6.45) is 3.38. The van der Waals surface area contributed by atoms with Crippen LogP contribution in [0.5, 0.6) is 5.75 Å². The van der Waals surface area contributed by atoms with E-state index >= 15 is 0 Å². The number of methoxy groups -OCH3 is 1. The van der Waals surface area contributed by atoms with Gasteiger partial charge in [0.25, 0.3) is 10.0 Å². The number of aliphatic carboxylic acids is 1. The number of carbonyl (C=O) groups is 1. The van der Waals surface area contributed by atoms with E-state index in [0.717, 1.165) is 31.5 Å². The number of fused-ring (bicyclic) bond motifs is 1. The predicted molar refractivity (Wildman–Crippen MR) is 118 cm³/mol. The minimum absolute atomic E-state index is 0.0572. The number of aryl methyl sites for hydroxylation is 1. The van der Waals surface area contributed by atoms with Gasteiger partial charge in [0, 0.05) is 18.7 Å². The lowest BCUT2D eigenvalue weighted by Gasteiger charge is -2.14. The van der Waals surface area contributed by atoms with Gasteiger partial charge in [-0.05, 0) is 48.7 Å². The highest BCUT2D eigenvalue weighted by molar-refractivity contribution is 7.92. The first-order valence-corrected chi connectivity index (χ1v) is 11.9. The van der Waals surface area contributed by atoms with Gasteiger partial charge in [0.1, 0.15) is 22.3 Å². The number of halogens is 1. The first-order chi connectivity index (χ1) is 15.8. The molecular weight excluding hydrogens is 451 g/mol. The van der Waals surface area contributed by atoms with Crippen LogP contribution in [0.25, 0.3) is 11.4 Å². The number of hydrogen-bond donors (Lipinski definition) is 2. The van der Waals surface area contributed by atoms with Crippen LogP contribution in [0.4, 0.5) is 10.1 Å². The Morgan fingerprint density at radius 1 is 1.18 bits per heavy atom. The maximum atomic E-state index is 14.7. The van der Waals surface area contributed by atoms with E-state index in [1.165, 1.54) is 43.5 Å². The molecule has 1 aliphatic rings. The fourth-order valence-corrected chi connectivity index (χ4v) is 5.14. The smallest absolute Gasteiger partial charge is 0.307 e. The van der Waals surface area contributed by atoms with Gasteiger partial charge in [0.2, 0.25) is 0 Å². The van der Waals surface area contributed by atoms with Crippen molar-refractivity contribution in [1.29, 1.82) is 0 Å². The predicted octanol–water partition coefficient (Wildman–Crippen LogP) is 3.25. The molecule has 2 heterocycles. The number of sulfonamides is 1. The lowest BCUT2D eigenvalue weighted by atomic mass is 10.1. The number of nitrogens with one attached hydrogen (secondary N) is 1. The normalized spacial score (nSPS) is 13.8. The standard InChI is InChI=1S/C22H23FN4O5S/c1-32-18-9-6-14(12-21(28)29)11-19(18)33(30,31)26-15-7-8-17(23)16(13-15)22-25-24-20-5-3-2-4-10-27(20)22/h6-9,11,13,26H,2-5,10,12H2,1H3,(H,28,29). The largest absolute Gasteiger partial charge is 0.495 e. The quantitative estimate of drug-likeness (QED) is 0.539. The summed E-state index contributed by atoms with van der Waals surface area (Å²) in [7, 11) is -2.85. The molecule has 0 aliphatic carbocycles. The van der Waals surface area contributed by atoms with Crippen molar-refractivity contribution in [3.05, 3.63) is 53.6 Å². The molecule has 1 aromatic heterocycles. The number of hydrogen-bond acceptors (Lipinski definition) is 6. The Bertz CT molecular complexity index is 1310. The van der Waals surface area contributed by atoms with E-state index in [9.17, 15) is 17.6 Å². The molecule has 0 saturated heterocycles. The highest BCUT2D eigenvalue weighted by atomic mass is 32.2. The molecule has 0 spiro atoms. The van der Waals surface area contributed by atoms with Crippen LogP contribution in [0.15, 0.2) is 41.3 Å². The van der Waals surface area contributed by atoms with E-state index in [2.05, 4.69) is 14.9 Å². The second-order valence-corrected chi connectivity index (χ2v) is 9.41. The lowest BCUT2D eigenvalue weighted by Crippen LogP contribution is -2.15. The van der Waals surface area contributed by atoms with Gasteiger partial charge in [-0.3, -0.25) is 9.52 Å². The van der Waals surface area contributed by atoms with E-state index in [0.29, 0.717) is 17.9 Å². The first kappa shape index (κ1) is 22.7. The molecule has 0 fully saturated rings. The van der Waals surface area contributed by atoms with Gasteiger partial charge < -0.3 is 14.4 Å². The fraction of sp³-hybridized carbons (Fsp3) is 0.318. The number of benzene rings is 2. The third-order valence-electron chi connectivity index (χ3n) is 5.44. The molecule has 2 aromatic carbocycles. The molecule has 2 N–H and O–H groups in total. The molecule has 0 amide bonds. The van der Waals surface area contributed by atoms with Crippen molar-refractivity contribution in [1.82, 2.24) is 14.8 Å². The third kappa shape index (κ3) is 4.82. The molecule has 3 aromatic rings. The van der Waals surface area contributed by atoms with Crippen LogP contribution in [0, 0.1) is 5.82 Å². The van der Waals surface area contributed by atoms with Crippen LogP contribution in [0.2, 0.25) is 0 Å². The number of carboxylic acid groups (broad SMARTS) is 1. The molecule has 0 bridgehead atoms. The van der Waals surface area contributed by atoms with Crippen LogP contribution in [-0.4, -0.2) is 41.4 Å². The molecule has 0 saturated carbocycles. The van der Waals surface area contributed by atoms with E-state index in [4.69, 9.17) is 9.84 Å². The van der Waals surface area contributed by atoms with Gasteiger partial charge >= 0.3 is 5.97 Å². The number of rotatable bonds is 7. The van der Waals surface area contributed by atoms with Gasteiger partial charge in [0.15, 0.2) is 5.82 Å². The summed E-state index contributed by atoms with van der Waals surface area (Å²) < 4.78 is 50.4. The zero-order chi connectivity index (χ0) is 23.6. The lowest BCUT2D eigenvalue weighted by molar-refractivity contribution is -0.136. The third-order valence-corrected chi connectivity index (χ3v) is 6.84. The van der Waals surface area contributed by atoms with Crippen LogP contribution in [0.3, 0.4) is 0 Å². The molecular formula is C22H23FN4O5S. The number of ether oxygens (including phenoxy) is 1. The highest BCUT2D eigenvalue weighted by Crippen LogP contribution is 2.31. The molecule has 0 unspecified atom stereocenters. The molecule has 1 aliphatic heterocycles. The number of nitrogens with zero attached hydrogens (tertiary/aromatic N) is 3. The van der Waals surface area contributed by atoms with E-state index < -0.39 is 21.8 Å². The summed E-state index contributed by atoms with van der Waals surface area (Å²) in [4.78, 5) is 10.8. The van der Waals surface area contributed by atoms with E-state index in [1.807, 2.05) is 4.57 Å². The summed E-state index contributed by atoms with van der Waals surface area (Å²) in [5.41, 5.74) is 0.570. The van der Waals surface area contributed by atoms with Crippen LogP contribution >= 0.6 is 0 Å². The van der Waals surface area contributed by atoms with Crippen LogP contribution in [-0.2, 0) is 34.2 Å². The van der Waals surface area contributed by atoms with Crippen molar-refractivity contribution in [2.24, 2.45) is 0 Å². The van der Waals surface area contributed by atoms with Gasteiger partial charge in [-0.25, -0.2) is 12.8 Å². The Morgan fingerprint density at radius 2 is 2.00 bits per heavy atom. The number of aromatic nitrogens is 3. The summed E-state index contributed by atoms with van der Waals surface area (Å²) in [6, 6.07) is 7.99. The van der Waals surface area contributed by atoms with E-state index in [-0.39, 0.29) is 28.3 Å².